The number of rotatable bonds is 6. The third-order valence-electron chi connectivity index (χ3n) is 3.02. The van der Waals surface area contributed by atoms with Gasteiger partial charge in [-0.05, 0) is 37.7 Å². The molecule has 0 aliphatic rings. The Morgan fingerprint density at radius 2 is 2.00 bits per heavy atom. The maximum absolute atomic E-state index is 12.9. The summed E-state index contributed by atoms with van der Waals surface area (Å²) >= 11 is 0. The molecule has 5 heteroatoms. The Hall–Kier alpha value is -1.62. The van der Waals surface area contributed by atoms with Crippen molar-refractivity contribution in [1.82, 2.24) is 5.32 Å². The molecule has 4 nitrogen and oxygen atoms in total. The molecule has 0 amide bonds. The Balaban J connectivity index is 2.84. The van der Waals surface area contributed by atoms with Crippen molar-refractivity contribution < 1.29 is 13.9 Å². The number of carbonyl (C=O) groups excluding carboxylic acids is 1. The average molecular weight is 268 g/mol. The number of ether oxygens (including phenoxy) is 1. The van der Waals surface area contributed by atoms with Gasteiger partial charge in [-0.15, -0.1) is 0 Å². The highest BCUT2D eigenvalue weighted by molar-refractivity contribution is 5.81. The van der Waals surface area contributed by atoms with E-state index >= 15 is 0 Å². The number of hydrogen-bond donors (Lipinski definition) is 1. The van der Waals surface area contributed by atoms with E-state index < -0.39 is 5.54 Å². The molecule has 1 aromatic carbocycles. The maximum atomic E-state index is 12.9. The van der Waals surface area contributed by atoms with Gasteiger partial charge in [0, 0.05) is 19.3 Å². The summed E-state index contributed by atoms with van der Waals surface area (Å²) in [6.45, 7) is 4.81. The summed E-state index contributed by atoms with van der Waals surface area (Å²) in [6.07, 6.45) is 0. The van der Waals surface area contributed by atoms with Crippen molar-refractivity contribution in [3.8, 4) is 0 Å². The van der Waals surface area contributed by atoms with E-state index in [0.29, 0.717) is 13.1 Å². The number of methoxy groups -OCH3 is 1. The van der Waals surface area contributed by atoms with Crippen LogP contribution in [0.4, 0.5) is 10.1 Å². The smallest absolute Gasteiger partial charge is 0.327 e. The lowest BCUT2D eigenvalue weighted by molar-refractivity contribution is -0.147. The van der Waals surface area contributed by atoms with Gasteiger partial charge in [-0.2, -0.15) is 0 Å². The van der Waals surface area contributed by atoms with E-state index in [2.05, 4.69) is 5.32 Å². The van der Waals surface area contributed by atoms with Gasteiger partial charge < -0.3 is 15.0 Å². The summed E-state index contributed by atoms with van der Waals surface area (Å²) in [5.74, 6) is -0.595. The van der Waals surface area contributed by atoms with Crippen LogP contribution in [0.2, 0.25) is 0 Å². The number of likely N-dealkylation sites (N-methyl/N-ethyl adjacent to an activating group) is 2. The number of anilines is 1. The first kappa shape index (κ1) is 15.4. The van der Waals surface area contributed by atoms with E-state index in [0.717, 1.165) is 5.69 Å². The first-order valence-electron chi connectivity index (χ1n) is 6.23. The number of benzene rings is 1. The first-order valence-corrected chi connectivity index (χ1v) is 6.23. The van der Waals surface area contributed by atoms with E-state index in [1.165, 1.54) is 19.2 Å². The molecular weight excluding hydrogens is 247 g/mol. The molecule has 0 saturated carbocycles. The Bertz CT molecular complexity index is 422. The van der Waals surface area contributed by atoms with Gasteiger partial charge in [-0.25, -0.2) is 9.18 Å². The minimum Gasteiger partial charge on any atom is -0.468 e. The van der Waals surface area contributed by atoms with Gasteiger partial charge in [0.2, 0.25) is 0 Å². The van der Waals surface area contributed by atoms with Crippen LogP contribution in [0.25, 0.3) is 0 Å². The van der Waals surface area contributed by atoms with Crippen molar-refractivity contribution in [3.63, 3.8) is 0 Å². The quantitative estimate of drug-likeness (QED) is 0.799. The number of esters is 1. The normalized spacial score (nSPS) is 13.7. The van der Waals surface area contributed by atoms with Gasteiger partial charge in [-0.3, -0.25) is 0 Å². The van der Waals surface area contributed by atoms with Gasteiger partial charge in [0.1, 0.15) is 11.4 Å². The van der Waals surface area contributed by atoms with E-state index in [9.17, 15) is 9.18 Å². The van der Waals surface area contributed by atoms with Crippen LogP contribution in [0, 0.1) is 5.82 Å². The zero-order valence-corrected chi connectivity index (χ0v) is 11.9. The van der Waals surface area contributed by atoms with Crippen LogP contribution in [0.3, 0.4) is 0 Å². The number of halogens is 1. The summed E-state index contributed by atoms with van der Waals surface area (Å²) in [6, 6.07) is 6.15. The molecule has 1 atom stereocenters. The molecule has 0 bridgehead atoms. The van der Waals surface area contributed by atoms with Crippen molar-refractivity contribution >= 4 is 11.7 Å². The number of hydrogen-bond acceptors (Lipinski definition) is 4. The molecule has 0 aromatic heterocycles. The minimum absolute atomic E-state index is 0.278. The molecule has 19 heavy (non-hydrogen) atoms. The highest BCUT2D eigenvalue weighted by atomic mass is 19.1. The molecule has 0 saturated heterocycles. The van der Waals surface area contributed by atoms with Crippen molar-refractivity contribution in [2.45, 2.75) is 19.4 Å². The first-order chi connectivity index (χ1) is 8.92. The molecule has 0 radical (unpaired) electrons. The predicted octanol–water partition coefficient (Wildman–Crippen LogP) is 1.80. The van der Waals surface area contributed by atoms with Gasteiger partial charge in [-0.1, -0.05) is 6.92 Å². The highest BCUT2D eigenvalue weighted by Gasteiger charge is 2.34. The molecule has 106 valence electrons. The molecular formula is C14H21FN2O2. The zero-order chi connectivity index (χ0) is 14.5. The van der Waals surface area contributed by atoms with Crippen LogP contribution in [-0.4, -0.2) is 38.8 Å². The summed E-state index contributed by atoms with van der Waals surface area (Å²) in [7, 11) is 3.22. The Morgan fingerprint density at radius 1 is 1.42 bits per heavy atom. The standard InChI is InChI=1S/C14H21FN2O2/c1-5-16-14(2,13(18)19-4)10-17(3)12-8-6-11(15)7-9-12/h6-9,16H,5,10H2,1-4H3. The van der Waals surface area contributed by atoms with E-state index in [4.69, 9.17) is 4.74 Å². The third kappa shape index (κ3) is 3.92. The lowest BCUT2D eigenvalue weighted by Crippen LogP contribution is -2.56. The van der Waals surface area contributed by atoms with E-state index in [-0.39, 0.29) is 11.8 Å². The molecule has 0 heterocycles. The van der Waals surface area contributed by atoms with E-state index in [1.54, 1.807) is 19.1 Å². The molecule has 1 unspecified atom stereocenters. The van der Waals surface area contributed by atoms with Crippen molar-refractivity contribution in [1.29, 1.82) is 0 Å². The van der Waals surface area contributed by atoms with Gasteiger partial charge in [0.15, 0.2) is 0 Å². The fourth-order valence-corrected chi connectivity index (χ4v) is 2.07. The third-order valence-corrected chi connectivity index (χ3v) is 3.02. The predicted molar refractivity (Wildman–Crippen MR) is 73.8 cm³/mol. The summed E-state index contributed by atoms with van der Waals surface area (Å²) in [5, 5.41) is 3.13. The van der Waals surface area contributed by atoms with Gasteiger partial charge in [0.25, 0.3) is 0 Å². The Morgan fingerprint density at radius 3 is 2.47 bits per heavy atom. The van der Waals surface area contributed by atoms with Crippen LogP contribution in [0.1, 0.15) is 13.8 Å². The monoisotopic (exact) mass is 268 g/mol. The van der Waals surface area contributed by atoms with Crippen LogP contribution in [0.5, 0.6) is 0 Å². The van der Waals surface area contributed by atoms with Crippen molar-refractivity contribution in [2.24, 2.45) is 0 Å². The van der Waals surface area contributed by atoms with Crippen LogP contribution < -0.4 is 10.2 Å². The molecule has 0 aliphatic carbocycles. The van der Waals surface area contributed by atoms with Crippen molar-refractivity contribution in [2.75, 3.05) is 32.1 Å². The molecule has 0 aliphatic heterocycles. The van der Waals surface area contributed by atoms with E-state index in [1.807, 2.05) is 18.9 Å². The SMILES string of the molecule is CCNC(C)(CN(C)c1ccc(F)cc1)C(=O)OC. The second-order valence-electron chi connectivity index (χ2n) is 4.69. The van der Waals surface area contributed by atoms with Crippen LogP contribution in [-0.2, 0) is 9.53 Å². The van der Waals surface area contributed by atoms with Gasteiger partial charge >= 0.3 is 5.97 Å². The average Bonchev–Trinajstić information content (AvgIpc) is 2.38. The number of nitrogens with zero attached hydrogens (tertiary/aromatic N) is 1. The number of carbonyl (C=O) groups is 1. The molecule has 0 fully saturated rings. The fourth-order valence-electron chi connectivity index (χ4n) is 2.07. The molecule has 1 N–H and O–H groups in total. The second-order valence-corrected chi connectivity index (χ2v) is 4.69. The number of nitrogens with one attached hydrogen (secondary N) is 1. The molecule has 0 spiro atoms. The molecule has 1 aromatic rings. The zero-order valence-electron chi connectivity index (χ0n) is 11.9. The van der Waals surface area contributed by atoms with Crippen LogP contribution in [0.15, 0.2) is 24.3 Å². The van der Waals surface area contributed by atoms with Crippen LogP contribution >= 0.6 is 0 Å². The topological polar surface area (TPSA) is 41.6 Å². The van der Waals surface area contributed by atoms with Gasteiger partial charge in [0.05, 0.1) is 7.11 Å². The second kappa shape index (κ2) is 6.52. The van der Waals surface area contributed by atoms with Crippen molar-refractivity contribution in [3.05, 3.63) is 30.1 Å². The fraction of sp³-hybridized carbons (Fsp3) is 0.500. The largest absolute Gasteiger partial charge is 0.468 e. The minimum atomic E-state index is -0.799. The molecule has 1 rings (SSSR count). The summed E-state index contributed by atoms with van der Waals surface area (Å²) < 4.78 is 17.7. The summed E-state index contributed by atoms with van der Waals surface area (Å²) in [5.41, 5.74) is 0.0431. The summed E-state index contributed by atoms with van der Waals surface area (Å²) in [4.78, 5) is 13.8. The Labute approximate surface area is 113 Å². The lowest BCUT2D eigenvalue weighted by atomic mass is 10.0. The lowest BCUT2D eigenvalue weighted by Gasteiger charge is -2.33. The Kier molecular flexibility index (Phi) is 5.30. The maximum Gasteiger partial charge on any atom is 0.327 e. The highest BCUT2D eigenvalue weighted by Crippen LogP contribution is 2.17.